The first-order valence-electron chi connectivity index (χ1n) is 34.7. The molecule has 83 heavy (non-hydrogen) atoms. The second-order valence-electron chi connectivity index (χ2n) is 22.7. The lowest BCUT2D eigenvalue weighted by Gasteiger charge is -2.18. The van der Waals surface area contributed by atoms with Crippen molar-refractivity contribution in [2.45, 2.75) is 322 Å². The average molecular weight is 1150 g/mol. The Bertz CT molecular complexity index is 1750. The van der Waals surface area contributed by atoms with E-state index < -0.39 is 6.10 Å². The zero-order valence-electron chi connectivity index (χ0n) is 54.2. The molecule has 0 spiro atoms. The van der Waals surface area contributed by atoms with Crippen LogP contribution >= 0.6 is 0 Å². The van der Waals surface area contributed by atoms with Gasteiger partial charge in [0.1, 0.15) is 13.2 Å². The van der Waals surface area contributed by atoms with E-state index in [1.54, 1.807) is 0 Å². The molecule has 0 bridgehead atoms. The molecule has 0 amide bonds. The fourth-order valence-corrected chi connectivity index (χ4v) is 9.49. The Morgan fingerprint density at radius 2 is 0.470 bits per heavy atom. The van der Waals surface area contributed by atoms with E-state index in [-0.39, 0.29) is 31.1 Å². The summed E-state index contributed by atoms with van der Waals surface area (Å²) in [6.07, 6.45) is 99.1. The molecule has 6 heteroatoms. The fraction of sp³-hybridized carbons (Fsp3) is 0.675. The van der Waals surface area contributed by atoms with Gasteiger partial charge in [0, 0.05) is 19.3 Å². The molecule has 0 heterocycles. The van der Waals surface area contributed by atoms with Crippen molar-refractivity contribution in [1.82, 2.24) is 0 Å². The van der Waals surface area contributed by atoms with Gasteiger partial charge in [-0.05, 0) is 135 Å². The molecule has 472 valence electrons. The van der Waals surface area contributed by atoms with Crippen molar-refractivity contribution >= 4 is 17.9 Å². The number of allylic oxidation sites excluding steroid dienone is 22. The van der Waals surface area contributed by atoms with E-state index in [4.69, 9.17) is 14.2 Å². The molecule has 1 atom stereocenters. The summed E-state index contributed by atoms with van der Waals surface area (Å²) < 4.78 is 16.9. The number of ether oxygens (including phenoxy) is 3. The van der Waals surface area contributed by atoms with Gasteiger partial charge in [-0.2, -0.15) is 0 Å². The molecule has 0 fully saturated rings. The molecule has 1 unspecified atom stereocenters. The van der Waals surface area contributed by atoms with Crippen LogP contribution in [0.3, 0.4) is 0 Å². The Hall–Kier alpha value is -4.45. The molecule has 0 aromatic heterocycles. The molecule has 0 aliphatic carbocycles. The summed E-state index contributed by atoms with van der Waals surface area (Å²) in [5.74, 6) is -0.947. The van der Waals surface area contributed by atoms with Gasteiger partial charge in [-0.15, -0.1) is 0 Å². The SMILES string of the molecule is CC/C=C\C/C=C\C/C=C\C/C=C\CCCCCCCCCCCCCCCCCCC(=O)OCC(COC(=O)CCCC/C=C\C/C=C\C/C=C\C/C=C\CC)OC(=O)CCCCCCCC/C=C\C/C=C\C/C=C\CCCCCCC. The first kappa shape index (κ1) is 78.5. The van der Waals surface area contributed by atoms with Gasteiger partial charge >= 0.3 is 17.9 Å². The summed E-state index contributed by atoms with van der Waals surface area (Å²) in [5.41, 5.74) is 0. The van der Waals surface area contributed by atoms with Gasteiger partial charge in [0.25, 0.3) is 0 Å². The van der Waals surface area contributed by atoms with E-state index in [1.807, 2.05) is 0 Å². The smallest absolute Gasteiger partial charge is 0.306 e. The quantitative estimate of drug-likeness (QED) is 0.0261. The lowest BCUT2D eigenvalue weighted by molar-refractivity contribution is -0.167. The molecular formula is C77H128O6. The zero-order valence-corrected chi connectivity index (χ0v) is 54.2. The van der Waals surface area contributed by atoms with E-state index >= 15 is 0 Å². The van der Waals surface area contributed by atoms with Crippen LogP contribution in [0.1, 0.15) is 316 Å². The topological polar surface area (TPSA) is 78.9 Å². The second kappa shape index (κ2) is 70.0. The standard InChI is InChI=1S/C77H128O6/c1-4-7-10-13-16-19-22-25-28-30-32-34-35-36-37-38-39-40-41-43-44-46-49-52-55-58-61-64-67-70-76(79)82-73-74(72-81-75(78)69-66-63-60-57-54-51-48-27-24-21-18-15-12-9-6-3)83-77(80)71-68-65-62-59-56-53-50-47-45-42-33-31-29-26-23-20-17-14-11-8-5-2/h7,9-10,12,16,18-19,21,23,25-28,31-34,45,47-48,54,57,74H,4-6,8,11,13-15,17,20,22,24,29-30,35-44,46,49-53,55-56,58-73H2,1-3H3/b10-7-,12-9-,19-16-,21-18-,26-23-,28-25-,33-31-,34-32-,47-45-,48-27-,57-54-. The molecular weight excluding hydrogens is 1020 g/mol. The molecule has 0 aromatic carbocycles. The van der Waals surface area contributed by atoms with Crippen LogP contribution in [0.15, 0.2) is 134 Å². The van der Waals surface area contributed by atoms with E-state index in [0.29, 0.717) is 19.3 Å². The number of hydrogen-bond donors (Lipinski definition) is 0. The fourth-order valence-electron chi connectivity index (χ4n) is 9.49. The van der Waals surface area contributed by atoms with Crippen molar-refractivity contribution in [3.8, 4) is 0 Å². The summed E-state index contributed by atoms with van der Waals surface area (Å²) in [5, 5.41) is 0. The Labute approximate surface area is 513 Å². The predicted octanol–water partition coefficient (Wildman–Crippen LogP) is 24.1. The molecule has 0 rings (SSSR count). The molecule has 0 aliphatic heterocycles. The Balaban J connectivity index is 4.35. The average Bonchev–Trinajstić information content (AvgIpc) is 3.49. The van der Waals surface area contributed by atoms with Crippen LogP contribution < -0.4 is 0 Å². The van der Waals surface area contributed by atoms with E-state index in [9.17, 15) is 14.4 Å². The zero-order chi connectivity index (χ0) is 59.9. The van der Waals surface area contributed by atoms with Crippen LogP contribution in [-0.4, -0.2) is 37.2 Å². The summed E-state index contributed by atoms with van der Waals surface area (Å²) in [4.78, 5) is 38.4. The van der Waals surface area contributed by atoms with Crippen molar-refractivity contribution in [1.29, 1.82) is 0 Å². The maximum absolute atomic E-state index is 12.9. The Morgan fingerprint density at radius 1 is 0.253 bits per heavy atom. The second-order valence-corrected chi connectivity index (χ2v) is 22.7. The molecule has 0 aliphatic rings. The Kier molecular flexibility index (Phi) is 66.3. The number of carbonyl (C=O) groups excluding carboxylic acids is 3. The lowest BCUT2D eigenvalue weighted by Crippen LogP contribution is -2.30. The summed E-state index contributed by atoms with van der Waals surface area (Å²) in [6, 6.07) is 0. The van der Waals surface area contributed by atoms with Crippen molar-refractivity contribution in [3.63, 3.8) is 0 Å². The van der Waals surface area contributed by atoms with Gasteiger partial charge in [-0.1, -0.05) is 296 Å². The van der Waals surface area contributed by atoms with Crippen LogP contribution in [0.2, 0.25) is 0 Å². The molecule has 0 radical (unpaired) electrons. The number of hydrogen-bond acceptors (Lipinski definition) is 6. The number of unbranched alkanes of at least 4 members (excludes halogenated alkanes) is 29. The summed E-state index contributed by atoms with van der Waals surface area (Å²) in [6.45, 7) is 6.38. The van der Waals surface area contributed by atoms with Gasteiger partial charge in [-0.3, -0.25) is 14.4 Å². The third-order valence-corrected chi connectivity index (χ3v) is 14.6. The monoisotopic (exact) mass is 1150 g/mol. The van der Waals surface area contributed by atoms with Crippen LogP contribution in [-0.2, 0) is 28.6 Å². The van der Waals surface area contributed by atoms with Crippen molar-refractivity contribution in [2.75, 3.05) is 13.2 Å². The summed E-state index contributed by atoms with van der Waals surface area (Å²) >= 11 is 0. The number of carbonyl (C=O) groups is 3. The maximum atomic E-state index is 12.9. The lowest BCUT2D eigenvalue weighted by atomic mass is 10.0. The van der Waals surface area contributed by atoms with E-state index in [2.05, 4.69) is 154 Å². The highest BCUT2D eigenvalue weighted by Gasteiger charge is 2.19. The van der Waals surface area contributed by atoms with E-state index in [0.717, 1.165) is 135 Å². The maximum Gasteiger partial charge on any atom is 0.306 e. The summed E-state index contributed by atoms with van der Waals surface area (Å²) in [7, 11) is 0. The minimum atomic E-state index is -0.808. The van der Waals surface area contributed by atoms with Crippen LogP contribution in [0.25, 0.3) is 0 Å². The third-order valence-electron chi connectivity index (χ3n) is 14.6. The van der Waals surface area contributed by atoms with Crippen LogP contribution in [0.4, 0.5) is 0 Å². The van der Waals surface area contributed by atoms with Crippen LogP contribution in [0.5, 0.6) is 0 Å². The highest BCUT2D eigenvalue weighted by Crippen LogP contribution is 2.16. The van der Waals surface area contributed by atoms with Gasteiger partial charge in [-0.25, -0.2) is 0 Å². The van der Waals surface area contributed by atoms with E-state index in [1.165, 1.54) is 141 Å². The van der Waals surface area contributed by atoms with Gasteiger partial charge < -0.3 is 14.2 Å². The molecule has 6 nitrogen and oxygen atoms in total. The first-order chi connectivity index (χ1) is 41.0. The largest absolute Gasteiger partial charge is 0.462 e. The van der Waals surface area contributed by atoms with Crippen LogP contribution in [0, 0.1) is 0 Å². The highest BCUT2D eigenvalue weighted by atomic mass is 16.6. The van der Waals surface area contributed by atoms with Crippen molar-refractivity contribution < 1.29 is 28.6 Å². The van der Waals surface area contributed by atoms with Gasteiger partial charge in [0.2, 0.25) is 0 Å². The van der Waals surface area contributed by atoms with Crippen molar-refractivity contribution in [2.24, 2.45) is 0 Å². The molecule has 0 saturated carbocycles. The minimum absolute atomic E-state index is 0.0984. The minimum Gasteiger partial charge on any atom is -0.462 e. The van der Waals surface area contributed by atoms with Gasteiger partial charge in [0.15, 0.2) is 6.10 Å². The van der Waals surface area contributed by atoms with Gasteiger partial charge in [0.05, 0.1) is 0 Å². The number of esters is 3. The predicted molar refractivity (Wildman–Crippen MR) is 362 cm³/mol. The third kappa shape index (κ3) is 68.2. The molecule has 0 aromatic rings. The molecule has 0 N–H and O–H groups in total. The first-order valence-corrected chi connectivity index (χ1v) is 34.7. The number of rotatable bonds is 62. The molecule has 0 saturated heterocycles. The highest BCUT2D eigenvalue weighted by molar-refractivity contribution is 5.71. The normalized spacial score (nSPS) is 13.0. The van der Waals surface area contributed by atoms with Crippen molar-refractivity contribution in [3.05, 3.63) is 134 Å². The Morgan fingerprint density at radius 3 is 0.759 bits per heavy atom.